The summed E-state index contributed by atoms with van der Waals surface area (Å²) in [6.45, 7) is 2.72. The second-order valence-corrected chi connectivity index (χ2v) is 5.02. The fraction of sp³-hybridized carbons (Fsp3) is 0.333. The summed E-state index contributed by atoms with van der Waals surface area (Å²) in [5.41, 5.74) is 0.0282. The van der Waals surface area contributed by atoms with Crippen LogP contribution in [0, 0.1) is 0 Å². The van der Waals surface area contributed by atoms with Crippen LogP contribution in [0.4, 0.5) is 13.2 Å². The van der Waals surface area contributed by atoms with Crippen LogP contribution in [0.15, 0.2) is 40.8 Å². The molecular weight excluding hydrogens is 303 g/mol. The summed E-state index contributed by atoms with van der Waals surface area (Å²) < 4.78 is 43.2. The van der Waals surface area contributed by atoms with E-state index in [4.69, 9.17) is 16.0 Å². The average Bonchev–Trinajstić information content (AvgIpc) is 2.85. The van der Waals surface area contributed by atoms with E-state index < -0.39 is 11.7 Å². The molecule has 1 N–H and O–H groups in total. The number of nitrogens with one attached hydrogen (secondary N) is 1. The molecule has 1 atom stereocenters. The smallest absolute Gasteiger partial charge is 0.416 e. The minimum absolute atomic E-state index is 0.250. The van der Waals surface area contributed by atoms with Crippen molar-refractivity contribution in [3.8, 4) is 0 Å². The van der Waals surface area contributed by atoms with Crippen LogP contribution in [0.2, 0.25) is 5.22 Å². The van der Waals surface area contributed by atoms with Crippen molar-refractivity contribution in [3.63, 3.8) is 0 Å². The Morgan fingerprint density at radius 3 is 2.29 bits per heavy atom. The summed E-state index contributed by atoms with van der Waals surface area (Å²) in [7, 11) is 0. The first-order valence-electron chi connectivity index (χ1n) is 6.57. The highest BCUT2D eigenvalue weighted by atomic mass is 35.5. The molecule has 2 aromatic rings. The van der Waals surface area contributed by atoms with Gasteiger partial charge in [0.05, 0.1) is 11.6 Å². The molecule has 0 radical (unpaired) electrons. The predicted molar refractivity (Wildman–Crippen MR) is 75.3 cm³/mol. The van der Waals surface area contributed by atoms with E-state index in [2.05, 4.69) is 5.32 Å². The van der Waals surface area contributed by atoms with Crippen LogP contribution in [0.5, 0.6) is 0 Å². The molecule has 0 aliphatic carbocycles. The van der Waals surface area contributed by atoms with Crippen molar-refractivity contribution < 1.29 is 17.6 Å². The summed E-state index contributed by atoms with van der Waals surface area (Å²) in [6, 6.07) is 8.05. The molecule has 0 aliphatic heterocycles. The molecule has 0 bridgehead atoms. The molecule has 2 nitrogen and oxygen atoms in total. The maximum Gasteiger partial charge on any atom is 0.416 e. The molecule has 114 valence electrons. The Hall–Kier alpha value is -1.46. The zero-order valence-corrected chi connectivity index (χ0v) is 12.1. The minimum atomic E-state index is -4.33. The zero-order chi connectivity index (χ0) is 15.5. The lowest BCUT2D eigenvalue weighted by molar-refractivity contribution is -0.137. The second kappa shape index (κ2) is 6.54. The highest BCUT2D eigenvalue weighted by Gasteiger charge is 2.30. The van der Waals surface area contributed by atoms with E-state index in [0.29, 0.717) is 17.9 Å². The first-order valence-corrected chi connectivity index (χ1v) is 6.95. The van der Waals surface area contributed by atoms with Crippen LogP contribution >= 0.6 is 11.6 Å². The van der Waals surface area contributed by atoms with Crippen LogP contribution in [0.3, 0.4) is 0 Å². The Morgan fingerprint density at radius 1 is 1.14 bits per heavy atom. The summed E-state index contributed by atoms with van der Waals surface area (Å²) in [4.78, 5) is 0. The maximum absolute atomic E-state index is 12.6. The fourth-order valence-corrected chi connectivity index (χ4v) is 2.17. The van der Waals surface area contributed by atoms with Gasteiger partial charge in [-0.15, -0.1) is 0 Å². The Morgan fingerprint density at radius 2 is 1.81 bits per heavy atom. The molecule has 0 spiro atoms. The van der Waals surface area contributed by atoms with Gasteiger partial charge < -0.3 is 9.73 Å². The van der Waals surface area contributed by atoms with Gasteiger partial charge in [-0.05, 0) is 54.4 Å². The van der Waals surface area contributed by atoms with Gasteiger partial charge >= 0.3 is 6.18 Å². The average molecular weight is 318 g/mol. The Balaban J connectivity index is 2.28. The third-order valence-corrected chi connectivity index (χ3v) is 3.25. The van der Waals surface area contributed by atoms with Crippen molar-refractivity contribution in [2.75, 3.05) is 6.54 Å². The number of rotatable bonds is 5. The number of halogens is 4. The van der Waals surface area contributed by atoms with Gasteiger partial charge in [0, 0.05) is 0 Å². The summed E-state index contributed by atoms with van der Waals surface area (Å²) in [6.07, 6.45) is -3.44. The van der Waals surface area contributed by atoms with Crippen molar-refractivity contribution in [3.05, 3.63) is 58.5 Å². The van der Waals surface area contributed by atoms with Gasteiger partial charge in [0.2, 0.25) is 0 Å². The number of alkyl halides is 3. The van der Waals surface area contributed by atoms with Gasteiger partial charge in [0.15, 0.2) is 5.22 Å². The van der Waals surface area contributed by atoms with E-state index >= 15 is 0 Å². The third kappa shape index (κ3) is 4.02. The Kier molecular flexibility index (Phi) is 4.96. The van der Waals surface area contributed by atoms with Gasteiger partial charge in [0.25, 0.3) is 0 Å². The number of hydrogen-bond acceptors (Lipinski definition) is 2. The summed E-state index contributed by atoms with van der Waals surface area (Å²) >= 11 is 5.77. The van der Waals surface area contributed by atoms with Crippen LogP contribution in [0.25, 0.3) is 0 Å². The van der Waals surface area contributed by atoms with Gasteiger partial charge in [-0.2, -0.15) is 13.2 Å². The van der Waals surface area contributed by atoms with Crippen LogP contribution < -0.4 is 5.32 Å². The molecule has 1 heterocycles. The standard InChI is InChI=1S/C15H15ClF3NO/c1-2-9-20-14(12-7-8-13(16)21-12)10-3-5-11(6-4-10)15(17,18)19/h3-8,14,20H,2,9H2,1H3. The van der Waals surface area contributed by atoms with E-state index in [1.54, 1.807) is 12.1 Å². The van der Waals surface area contributed by atoms with E-state index in [-0.39, 0.29) is 11.3 Å². The van der Waals surface area contributed by atoms with E-state index in [9.17, 15) is 13.2 Å². The quantitative estimate of drug-likeness (QED) is 0.835. The first kappa shape index (κ1) is 15.9. The normalized spacial score (nSPS) is 13.4. The lowest BCUT2D eigenvalue weighted by atomic mass is 10.0. The first-order chi connectivity index (χ1) is 9.91. The van der Waals surface area contributed by atoms with Crippen LogP contribution in [-0.2, 0) is 6.18 Å². The zero-order valence-electron chi connectivity index (χ0n) is 11.4. The van der Waals surface area contributed by atoms with Crippen molar-refractivity contribution in [1.82, 2.24) is 5.32 Å². The fourth-order valence-electron chi connectivity index (χ4n) is 2.02. The molecule has 2 rings (SSSR count). The molecule has 21 heavy (non-hydrogen) atoms. The van der Waals surface area contributed by atoms with E-state index in [1.807, 2.05) is 6.92 Å². The molecule has 0 aliphatic rings. The number of benzene rings is 1. The van der Waals surface area contributed by atoms with E-state index in [1.165, 1.54) is 12.1 Å². The van der Waals surface area contributed by atoms with Gasteiger partial charge in [-0.1, -0.05) is 19.1 Å². The van der Waals surface area contributed by atoms with E-state index in [0.717, 1.165) is 18.6 Å². The monoisotopic (exact) mass is 317 g/mol. The molecular formula is C15H15ClF3NO. The molecule has 1 unspecified atom stereocenters. The SMILES string of the molecule is CCCNC(c1ccc(C(F)(F)F)cc1)c1ccc(Cl)o1. The van der Waals surface area contributed by atoms with Crippen LogP contribution in [-0.4, -0.2) is 6.54 Å². The number of hydrogen-bond donors (Lipinski definition) is 1. The molecule has 1 aromatic carbocycles. The maximum atomic E-state index is 12.6. The molecule has 6 heteroatoms. The third-order valence-electron chi connectivity index (χ3n) is 3.05. The van der Waals surface area contributed by atoms with Crippen molar-refractivity contribution in [2.24, 2.45) is 0 Å². The lowest BCUT2D eigenvalue weighted by Gasteiger charge is -2.17. The van der Waals surface area contributed by atoms with Gasteiger partial charge in [-0.25, -0.2) is 0 Å². The minimum Gasteiger partial charge on any atom is -0.448 e. The van der Waals surface area contributed by atoms with Crippen molar-refractivity contribution >= 4 is 11.6 Å². The molecule has 0 saturated carbocycles. The highest BCUT2D eigenvalue weighted by molar-refractivity contribution is 6.28. The topological polar surface area (TPSA) is 25.2 Å². The summed E-state index contributed by atoms with van der Waals surface area (Å²) in [5.74, 6) is 0.577. The van der Waals surface area contributed by atoms with Gasteiger partial charge in [0.1, 0.15) is 5.76 Å². The largest absolute Gasteiger partial charge is 0.448 e. The molecule has 0 fully saturated rings. The van der Waals surface area contributed by atoms with Crippen molar-refractivity contribution in [2.45, 2.75) is 25.6 Å². The second-order valence-electron chi connectivity index (χ2n) is 4.65. The molecule has 0 saturated heterocycles. The summed E-state index contributed by atoms with van der Waals surface area (Å²) in [5, 5.41) is 3.49. The molecule has 0 amide bonds. The van der Waals surface area contributed by atoms with Crippen molar-refractivity contribution in [1.29, 1.82) is 0 Å². The lowest BCUT2D eigenvalue weighted by Crippen LogP contribution is -2.22. The Bertz CT molecular complexity index is 577. The highest BCUT2D eigenvalue weighted by Crippen LogP contribution is 2.31. The van der Waals surface area contributed by atoms with Gasteiger partial charge in [-0.3, -0.25) is 0 Å². The number of furan rings is 1. The van der Waals surface area contributed by atoms with Crippen LogP contribution in [0.1, 0.15) is 36.3 Å². The molecule has 1 aromatic heterocycles. The predicted octanol–water partition coefficient (Wildman–Crippen LogP) is 5.04. The Labute approximate surface area is 125 Å².